The first-order valence-electron chi connectivity index (χ1n) is 13.5. The van der Waals surface area contributed by atoms with Gasteiger partial charge in [0, 0.05) is 25.1 Å². The number of fused-ring (bicyclic) bond motifs is 1. The molecule has 8 atom stereocenters. The number of carbonyl (C=O) groups excluding carboxylic acids is 1. The molecule has 1 heterocycles. The van der Waals surface area contributed by atoms with Crippen molar-refractivity contribution in [3.8, 4) is 6.07 Å². The Kier molecular flexibility index (Phi) is 9.23. The molecule has 3 aliphatic carbocycles. The van der Waals surface area contributed by atoms with Gasteiger partial charge in [0.05, 0.1) is 36.2 Å². The summed E-state index contributed by atoms with van der Waals surface area (Å²) >= 11 is 0. The average molecular weight is 532 g/mol. The van der Waals surface area contributed by atoms with Crippen molar-refractivity contribution in [2.24, 2.45) is 11.8 Å². The fraction of sp³-hybridized carbons (Fsp3) is 0.920. The van der Waals surface area contributed by atoms with Gasteiger partial charge in [-0.3, -0.25) is 4.79 Å². The molecule has 11 heteroatoms. The zero-order valence-corrected chi connectivity index (χ0v) is 21.8. The van der Waals surface area contributed by atoms with Gasteiger partial charge in [-0.25, -0.2) is 17.2 Å². The van der Waals surface area contributed by atoms with Gasteiger partial charge in [-0.1, -0.05) is 6.42 Å². The molecular weight excluding hydrogens is 492 g/mol. The van der Waals surface area contributed by atoms with Crippen molar-refractivity contribution in [2.45, 2.75) is 113 Å². The van der Waals surface area contributed by atoms with Gasteiger partial charge < -0.3 is 14.8 Å². The summed E-state index contributed by atoms with van der Waals surface area (Å²) in [5.41, 5.74) is 0. The topological polar surface area (TPSA) is 109 Å². The SMILES string of the molecule is CCOCC1CN(S(=O)(=O)C2CCCC(C#N)C2)C2CC(NC(=O)C3C(F)CCCC3F)CCC2O1. The number of alkyl halides is 2. The standard InChI is InChI=1S/C25H39F2N3O5S/c1-2-34-15-18-14-30(36(32,33)19-6-3-5-16(11-19)13-28)22-12-17(9-10-23(22)35-18)29-25(31)24-20(26)7-4-8-21(24)27/h16-24H,2-12,14-15H2,1H3,(H,29,31). The average Bonchev–Trinajstić information content (AvgIpc) is 2.87. The van der Waals surface area contributed by atoms with Crippen molar-refractivity contribution in [1.82, 2.24) is 9.62 Å². The van der Waals surface area contributed by atoms with Gasteiger partial charge in [-0.2, -0.15) is 9.57 Å². The van der Waals surface area contributed by atoms with Crippen LogP contribution in [0.4, 0.5) is 8.78 Å². The Bertz CT molecular complexity index is 906. The van der Waals surface area contributed by atoms with Crippen LogP contribution in [0, 0.1) is 23.2 Å². The van der Waals surface area contributed by atoms with Gasteiger partial charge >= 0.3 is 0 Å². The number of nitrogens with zero attached hydrogens (tertiary/aromatic N) is 2. The van der Waals surface area contributed by atoms with E-state index in [0.717, 1.165) is 0 Å². The lowest BCUT2D eigenvalue weighted by Crippen LogP contribution is -2.63. The third-order valence-electron chi connectivity index (χ3n) is 8.33. The molecule has 1 aliphatic heterocycles. The first-order valence-corrected chi connectivity index (χ1v) is 15.0. The predicted molar refractivity (Wildman–Crippen MR) is 129 cm³/mol. The summed E-state index contributed by atoms with van der Waals surface area (Å²) in [6.45, 7) is 2.80. The van der Waals surface area contributed by atoms with Crippen LogP contribution in [-0.4, -0.2) is 80.3 Å². The minimum atomic E-state index is -3.73. The van der Waals surface area contributed by atoms with Crippen LogP contribution in [0.1, 0.15) is 71.1 Å². The normalized spacial score (nSPS) is 40.1. The van der Waals surface area contributed by atoms with E-state index in [2.05, 4.69) is 11.4 Å². The van der Waals surface area contributed by atoms with Crippen LogP contribution in [0.5, 0.6) is 0 Å². The maximum Gasteiger partial charge on any atom is 0.229 e. The van der Waals surface area contributed by atoms with E-state index in [1.165, 1.54) is 4.31 Å². The summed E-state index contributed by atoms with van der Waals surface area (Å²) in [6.07, 6.45) is 0.683. The quantitative estimate of drug-likeness (QED) is 0.541. The molecule has 8 unspecified atom stereocenters. The van der Waals surface area contributed by atoms with E-state index in [1.54, 1.807) is 0 Å². The number of rotatable bonds is 7. The molecule has 1 saturated heterocycles. The number of sulfonamides is 1. The number of hydrogen-bond donors (Lipinski definition) is 1. The zero-order chi connectivity index (χ0) is 25.9. The Balaban J connectivity index is 1.50. The molecule has 8 nitrogen and oxygen atoms in total. The Labute approximate surface area is 213 Å². The Morgan fingerprint density at radius 2 is 1.83 bits per heavy atom. The molecule has 204 valence electrons. The second-order valence-electron chi connectivity index (χ2n) is 10.8. The molecule has 0 radical (unpaired) electrons. The molecule has 4 rings (SSSR count). The highest BCUT2D eigenvalue weighted by Crippen LogP contribution is 2.38. The third-order valence-corrected chi connectivity index (χ3v) is 10.7. The number of nitriles is 1. The van der Waals surface area contributed by atoms with Crippen LogP contribution >= 0.6 is 0 Å². The van der Waals surface area contributed by atoms with Crippen LogP contribution in [0.3, 0.4) is 0 Å². The van der Waals surface area contributed by atoms with Crippen molar-refractivity contribution in [1.29, 1.82) is 5.26 Å². The molecule has 0 aromatic carbocycles. The highest BCUT2D eigenvalue weighted by atomic mass is 32.2. The number of amides is 1. The largest absolute Gasteiger partial charge is 0.379 e. The van der Waals surface area contributed by atoms with E-state index >= 15 is 0 Å². The molecule has 0 aromatic rings. The van der Waals surface area contributed by atoms with Crippen LogP contribution in [-0.2, 0) is 24.3 Å². The predicted octanol–water partition coefficient (Wildman–Crippen LogP) is 3.02. The number of morpholine rings is 1. The summed E-state index contributed by atoms with van der Waals surface area (Å²) in [7, 11) is -3.73. The maximum atomic E-state index is 14.4. The first kappa shape index (κ1) is 27.7. The number of carbonyl (C=O) groups is 1. The van der Waals surface area contributed by atoms with Gasteiger partial charge in [0.2, 0.25) is 15.9 Å². The van der Waals surface area contributed by atoms with Crippen molar-refractivity contribution in [3.63, 3.8) is 0 Å². The zero-order valence-electron chi connectivity index (χ0n) is 21.0. The van der Waals surface area contributed by atoms with Gasteiger partial charge in [-0.15, -0.1) is 0 Å². The maximum absolute atomic E-state index is 14.4. The monoisotopic (exact) mass is 531 g/mol. The van der Waals surface area contributed by atoms with Crippen LogP contribution in [0.15, 0.2) is 0 Å². The highest BCUT2D eigenvalue weighted by Gasteiger charge is 2.49. The summed E-state index contributed by atoms with van der Waals surface area (Å²) in [5, 5.41) is 11.6. The number of hydrogen-bond acceptors (Lipinski definition) is 6. The molecule has 1 N–H and O–H groups in total. The Morgan fingerprint density at radius 1 is 1.11 bits per heavy atom. The molecule has 0 aromatic heterocycles. The second kappa shape index (κ2) is 12.0. The van der Waals surface area contributed by atoms with E-state index in [9.17, 15) is 27.3 Å². The molecule has 0 bridgehead atoms. The molecular formula is C25H39F2N3O5S. The lowest BCUT2D eigenvalue weighted by atomic mass is 9.83. The third kappa shape index (κ3) is 6.03. The number of halogens is 2. The summed E-state index contributed by atoms with van der Waals surface area (Å²) in [5.74, 6) is -2.20. The van der Waals surface area contributed by atoms with Gasteiger partial charge in [0.15, 0.2) is 0 Å². The van der Waals surface area contributed by atoms with Crippen LogP contribution in [0.25, 0.3) is 0 Å². The second-order valence-corrected chi connectivity index (χ2v) is 12.9. The van der Waals surface area contributed by atoms with Crippen LogP contribution < -0.4 is 5.32 Å². The molecule has 4 aliphatic rings. The number of ether oxygens (including phenoxy) is 2. The van der Waals surface area contributed by atoms with E-state index in [1.807, 2.05) is 6.92 Å². The lowest BCUT2D eigenvalue weighted by molar-refractivity contribution is -0.140. The molecule has 1 amide bonds. The van der Waals surface area contributed by atoms with Gasteiger partial charge in [0.25, 0.3) is 0 Å². The van der Waals surface area contributed by atoms with Crippen LogP contribution in [0.2, 0.25) is 0 Å². The molecule has 0 spiro atoms. The number of nitrogens with one attached hydrogen (secondary N) is 1. The van der Waals surface area contributed by atoms with Gasteiger partial charge in [0.1, 0.15) is 18.3 Å². The van der Waals surface area contributed by atoms with Crippen molar-refractivity contribution >= 4 is 15.9 Å². The highest BCUT2D eigenvalue weighted by molar-refractivity contribution is 7.89. The molecule has 4 fully saturated rings. The van der Waals surface area contributed by atoms with Crippen molar-refractivity contribution < 1.29 is 31.5 Å². The fourth-order valence-electron chi connectivity index (χ4n) is 6.42. The Morgan fingerprint density at radius 3 is 2.53 bits per heavy atom. The van der Waals surface area contributed by atoms with E-state index in [0.29, 0.717) is 58.0 Å². The first-order chi connectivity index (χ1) is 17.2. The lowest BCUT2D eigenvalue weighted by Gasteiger charge is -2.49. The fourth-order valence-corrected chi connectivity index (χ4v) is 8.71. The Hall–Kier alpha value is -1.35. The smallest absolute Gasteiger partial charge is 0.229 e. The molecule has 36 heavy (non-hydrogen) atoms. The molecule has 3 saturated carbocycles. The summed E-state index contributed by atoms with van der Waals surface area (Å²) < 4.78 is 69.8. The van der Waals surface area contributed by atoms with Crippen molar-refractivity contribution in [2.75, 3.05) is 19.8 Å². The van der Waals surface area contributed by atoms with E-state index < -0.39 is 51.6 Å². The summed E-state index contributed by atoms with van der Waals surface area (Å²) in [6, 6.07) is 1.36. The van der Waals surface area contributed by atoms with E-state index in [-0.39, 0.29) is 44.1 Å². The van der Waals surface area contributed by atoms with E-state index in [4.69, 9.17) is 9.47 Å². The van der Waals surface area contributed by atoms with Gasteiger partial charge in [-0.05, 0) is 64.7 Å². The summed E-state index contributed by atoms with van der Waals surface area (Å²) in [4.78, 5) is 12.8. The minimum Gasteiger partial charge on any atom is -0.379 e. The minimum absolute atomic E-state index is 0.152. The van der Waals surface area contributed by atoms with Crippen molar-refractivity contribution in [3.05, 3.63) is 0 Å².